The van der Waals surface area contributed by atoms with Crippen molar-refractivity contribution in [2.45, 2.75) is 6.92 Å². The summed E-state index contributed by atoms with van der Waals surface area (Å²) >= 11 is 0. The molecule has 1 aromatic rings. The van der Waals surface area contributed by atoms with Gasteiger partial charge in [0.1, 0.15) is 12.4 Å². The number of aliphatic hydroxyl groups excluding tert-OH is 2. The van der Waals surface area contributed by atoms with E-state index in [-0.39, 0.29) is 13.3 Å². The van der Waals surface area contributed by atoms with Gasteiger partial charge in [-0.2, -0.15) is 0 Å². The van der Waals surface area contributed by atoms with Crippen LogP contribution in [0.25, 0.3) is 0 Å². The normalized spacial score (nSPS) is 16.7. The van der Waals surface area contributed by atoms with Crippen LogP contribution in [0.5, 0.6) is 5.75 Å². The van der Waals surface area contributed by atoms with Gasteiger partial charge in [0.2, 0.25) is 0 Å². The molecule has 0 aliphatic carbocycles. The quantitative estimate of drug-likeness (QED) is 0.810. The van der Waals surface area contributed by atoms with Gasteiger partial charge >= 0.3 is 0 Å². The molecule has 0 amide bonds. The van der Waals surface area contributed by atoms with Gasteiger partial charge in [-0.05, 0) is 30.7 Å². The number of hydrogen-bond donors (Lipinski definition) is 2. The summed E-state index contributed by atoms with van der Waals surface area (Å²) in [6, 6.07) is 6.01. The molecule has 0 radical (unpaired) electrons. The summed E-state index contributed by atoms with van der Waals surface area (Å²) in [5.41, 5.74) is 2.39. The second-order valence-electron chi connectivity index (χ2n) is 4.77. The molecule has 5 heteroatoms. The average Bonchev–Trinajstić information content (AvgIpc) is 2.45. The maximum atomic E-state index is 9.09. The fourth-order valence-electron chi connectivity index (χ4n) is 2.37. The van der Waals surface area contributed by atoms with Crippen molar-refractivity contribution in [3.63, 3.8) is 0 Å². The van der Waals surface area contributed by atoms with Crippen LogP contribution in [0.2, 0.25) is 0 Å². The lowest BCUT2D eigenvalue weighted by Crippen LogP contribution is -2.46. The van der Waals surface area contributed by atoms with Gasteiger partial charge < -0.3 is 19.8 Å². The highest BCUT2D eigenvalue weighted by molar-refractivity contribution is 5.56. The summed E-state index contributed by atoms with van der Waals surface area (Å²) in [5.74, 6) is 0.796. The van der Waals surface area contributed by atoms with E-state index >= 15 is 0 Å². The highest BCUT2D eigenvalue weighted by Gasteiger charge is 2.17. The monoisotopic (exact) mass is 266 g/mol. The first-order chi connectivity index (χ1) is 9.24. The van der Waals surface area contributed by atoms with Crippen molar-refractivity contribution in [2.75, 3.05) is 51.0 Å². The molecule has 1 aromatic carbocycles. The van der Waals surface area contributed by atoms with Gasteiger partial charge in [0.15, 0.2) is 0 Å². The Labute approximate surface area is 114 Å². The molecule has 2 rings (SSSR count). The van der Waals surface area contributed by atoms with E-state index in [2.05, 4.69) is 17.9 Å². The van der Waals surface area contributed by atoms with Crippen LogP contribution in [-0.2, 0) is 0 Å². The zero-order chi connectivity index (χ0) is 13.7. The zero-order valence-electron chi connectivity index (χ0n) is 11.4. The Balaban J connectivity index is 2.01. The molecule has 0 aromatic heterocycles. The van der Waals surface area contributed by atoms with E-state index in [0.717, 1.165) is 31.9 Å². The third-order valence-electron chi connectivity index (χ3n) is 3.44. The Morgan fingerprint density at radius 3 is 2.47 bits per heavy atom. The molecular formula is C14H22N2O3. The Bertz CT molecular complexity index is 404. The number of benzene rings is 1. The van der Waals surface area contributed by atoms with Crippen LogP contribution in [0.15, 0.2) is 18.2 Å². The second-order valence-corrected chi connectivity index (χ2v) is 4.77. The summed E-state index contributed by atoms with van der Waals surface area (Å²) < 4.78 is 5.40. The van der Waals surface area contributed by atoms with Gasteiger partial charge in [-0.3, -0.25) is 4.90 Å². The molecule has 5 nitrogen and oxygen atoms in total. The van der Waals surface area contributed by atoms with Gasteiger partial charge in [0, 0.05) is 31.9 Å². The van der Waals surface area contributed by atoms with Crippen molar-refractivity contribution in [1.29, 1.82) is 0 Å². The second kappa shape index (κ2) is 6.75. The number of hydrogen-bond acceptors (Lipinski definition) is 5. The van der Waals surface area contributed by atoms with Gasteiger partial charge in [-0.1, -0.05) is 0 Å². The lowest BCUT2D eigenvalue weighted by molar-refractivity contribution is 0.102. The van der Waals surface area contributed by atoms with E-state index < -0.39 is 0 Å². The van der Waals surface area contributed by atoms with Crippen molar-refractivity contribution < 1.29 is 14.9 Å². The third-order valence-corrected chi connectivity index (χ3v) is 3.44. The van der Waals surface area contributed by atoms with E-state index in [9.17, 15) is 0 Å². The summed E-state index contributed by atoms with van der Waals surface area (Å²) in [5, 5.41) is 17.8. The molecular weight excluding hydrogens is 244 g/mol. The number of aryl methyl sites for hydroxylation is 1. The standard InChI is InChI=1S/C14H22N2O3/c1-12-10-13(19-9-8-17)2-3-14(12)16-6-4-15(11-18)5-7-16/h2-3,10,17-18H,4-9,11H2,1H3. The van der Waals surface area contributed by atoms with E-state index in [1.54, 1.807) is 0 Å². The van der Waals surface area contributed by atoms with Gasteiger partial charge in [0.25, 0.3) is 0 Å². The van der Waals surface area contributed by atoms with Crippen molar-refractivity contribution in [1.82, 2.24) is 4.90 Å². The van der Waals surface area contributed by atoms with Crippen LogP contribution < -0.4 is 9.64 Å². The lowest BCUT2D eigenvalue weighted by atomic mass is 10.1. The molecule has 0 saturated carbocycles. The molecule has 1 aliphatic heterocycles. The summed E-state index contributed by atoms with van der Waals surface area (Å²) in [7, 11) is 0. The highest BCUT2D eigenvalue weighted by atomic mass is 16.5. The maximum Gasteiger partial charge on any atom is 0.119 e. The molecule has 1 fully saturated rings. The molecule has 1 aliphatic rings. The number of piperazine rings is 1. The molecule has 0 unspecified atom stereocenters. The van der Waals surface area contributed by atoms with Crippen molar-refractivity contribution in [2.24, 2.45) is 0 Å². The lowest BCUT2D eigenvalue weighted by Gasteiger charge is -2.35. The fourth-order valence-corrected chi connectivity index (χ4v) is 2.37. The molecule has 0 bridgehead atoms. The fraction of sp³-hybridized carbons (Fsp3) is 0.571. The van der Waals surface area contributed by atoms with Crippen LogP contribution in [0.1, 0.15) is 5.56 Å². The van der Waals surface area contributed by atoms with Crippen molar-refractivity contribution in [3.05, 3.63) is 23.8 Å². The number of rotatable bonds is 5. The molecule has 0 spiro atoms. The average molecular weight is 266 g/mol. The minimum Gasteiger partial charge on any atom is -0.491 e. The maximum absolute atomic E-state index is 9.09. The topological polar surface area (TPSA) is 56.2 Å². The largest absolute Gasteiger partial charge is 0.491 e. The van der Waals surface area contributed by atoms with Crippen LogP contribution >= 0.6 is 0 Å². The first-order valence-corrected chi connectivity index (χ1v) is 6.67. The summed E-state index contributed by atoms with van der Waals surface area (Å²) in [6.45, 7) is 6.20. The van der Waals surface area contributed by atoms with E-state index in [1.807, 2.05) is 17.0 Å². The minimum absolute atomic E-state index is 0.0317. The summed E-state index contributed by atoms with van der Waals surface area (Å²) in [6.07, 6.45) is 0. The SMILES string of the molecule is Cc1cc(OCCO)ccc1N1CCN(CO)CC1. The van der Waals surface area contributed by atoms with E-state index in [1.165, 1.54) is 11.3 Å². The minimum atomic E-state index is 0.0317. The molecule has 106 valence electrons. The van der Waals surface area contributed by atoms with E-state index in [4.69, 9.17) is 14.9 Å². The van der Waals surface area contributed by atoms with E-state index in [0.29, 0.717) is 6.61 Å². The molecule has 1 saturated heterocycles. The van der Waals surface area contributed by atoms with Crippen LogP contribution in [-0.4, -0.2) is 61.2 Å². The van der Waals surface area contributed by atoms with Crippen LogP contribution in [0.3, 0.4) is 0 Å². The van der Waals surface area contributed by atoms with Crippen molar-refractivity contribution in [3.8, 4) is 5.75 Å². The van der Waals surface area contributed by atoms with Gasteiger partial charge in [0.05, 0.1) is 13.3 Å². The predicted molar refractivity (Wildman–Crippen MR) is 74.6 cm³/mol. The summed E-state index contributed by atoms with van der Waals surface area (Å²) in [4.78, 5) is 4.36. The Kier molecular flexibility index (Phi) is 5.01. The van der Waals surface area contributed by atoms with Gasteiger partial charge in [-0.25, -0.2) is 0 Å². The number of ether oxygens (including phenoxy) is 1. The number of aliphatic hydroxyl groups is 2. The molecule has 0 atom stereocenters. The Hall–Kier alpha value is -1.30. The van der Waals surface area contributed by atoms with Crippen LogP contribution in [0, 0.1) is 6.92 Å². The molecule has 19 heavy (non-hydrogen) atoms. The molecule has 1 heterocycles. The first-order valence-electron chi connectivity index (χ1n) is 6.67. The first kappa shape index (κ1) is 14.1. The third kappa shape index (κ3) is 3.59. The zero-order valence-corrected chi connectivity index (χ0v) is 11.4. The Morgan fingerprint density at radius 2 is 1.89 bits per heavy atom. The number of anilines is 1. The molecule has 2 N–H and O–H groups in total. The van der Waals surface area contributed by atoms with Gasteiger partial charge in [-0.15, -0.1) is 0 Å². The Morgan fingerprint density at radius 1 is 1.16 bits per heavy atom. The van der Waals surface area contributed by atoms with Crippen molar-refractivity contribution >= 4 is 5.69 Å². The predicted octanol–water partition coefficient (Wildman–Crippen LogP) is 0.438. The smallest absolute Gasteiger partial charge is 0.119 e. The van der Waals surface area contributed by atoms with Crippen LogP contribution in [0.4, 0.5) is 5.69 Å². The highest BCUT2D eigenvalue weighted by Crippen LogP contribution is 2.25. The number of nitrogens with zero attached hydrogens (tertiary/aromatic N) is 2.